The lowest BCUT2D eigenvalue weighted by molar-refractivity contribution is 0.0943. The van der Waals surface area contributed by atoms with Crippen molar-refractivity contribution in [3.8, 4) is 11.5 Å². The fourth-order valence-corrected chi connectivity index (χ4v) is 3.78. The van der Waals surface area contributed by atoms with E-state index < -0.39 is 0 Å². The highest BCUT2D eigenvalue weighted by Crippen LogP contribution is 2.41. The Morgan fingerprint density at radius 1 is 1.00 bits per heavy atom. The van der Waals surface area contributed by atoms with Crippen LogP contribution in [0, 0.1) is 0 Å². The summed E-state index contributed by atoms with van der Waals surface area (Å²) in [6.07, 6.45) is 4.60. The minimum atomic E-state index is -0.0344. The van der Waals surface area contributed by atoms with E-state index in [0.717, 1.165) is 24.3 Å². The lowest BCUT2D eigenvalue weighted by Gasteiger charge is -2.30. The van der Waals surface area contributed by atoms with Crippen molar-refractivity contribution in [2.45, 2.75) is 38.0 Å². The van der Waals surface area contributed by atoms with E-state index >= 15 is 0 Å². The first-order valence-corrected chi connectivity index (χ1v) is 9.32. The highest BCUT2D eigenvalue weighted by molar-refractivity contribution is 5.94. The minimum absolute atomic E-state index is 0.0210. The summed E-state index contributed by atoms with van der Waals surface area (Å²) in [4.78, 5) is 12.6. The molecule has 1 N–H and O–H groups in total. The number of methoxy groups -OCH3 is 1. The topological polar surface area (TPSA) is 47.6 Å². The summed E-state index contributed by atoms with van der Waals surface area (Å²) >= 11 is 0. The molecule has 138 valence electrons. The molecule has 4 nitrogen and oxygen atoms in total. The molecule has 0 heterocycles. The lowest BCUT2D eigenvalue weighted by Crippen LogP contribution is -2.39. The molecular weight excluding hydrogens is 326 g/mol. The van der Waals surface area contributed by atoms with Crippen molar-refractivity contribution < 1.29 is 14.3 Å². The van der Waals surface area contributed by atoms with E-state index in [1.165, 1.54) is 18.4 Å². The molecule has 0 radical (unpaired) electrons. The minimum Gasteiger partial charge on any atom is -0.497 e. The molecule has 0 atom stereocenters. The van der Waals surface area contributed by atoms with E-state index in [9.17, 15) is 4.79 Å². The number of amides is 1. The van der Waals surface area contributed by atoms with Crippen LogP contribution in [0.25, 0.3) is 0 Å². The van der Waals surface area contributed by atoms with Gasteiger partial charge in [-0.3, -0.25) is 4.79 Å². The largest absolute Gasteiger partial charge is 0.497 e. The van der Waals surface area contributed by atoms with Crippen LogP contribution < -0.4 is 14.8 Å². The molecular formula is C22H27NO3. The molecule has 0 unspecified atom stereocenters. The summed E-state index contributed by atoms with van der Waals surface area (Å²) in [7, 11) is 1.68. The second-order valence-electron chi connectivity index (χ2n) is 6.86. The molecule has 2 aromatic carbocycles. The van der Waals surface area contributed by atoms with Gasteiger partial charge in [0.05, 0.1) is 13.7 Å². The predicted molar refractivity (Wildman–Crippen MR) is 103 cm³/mol. The summed E-state index contributed by atoms with van der Waals surface area (Å²) in [5, 5.41) is 3.15. The molecule has 0 bridgehead atoms. The predicted octanol–water partition coefficient (Wildman–Crippen LogP) is 4.34. The Kier molecular flexibility index (Phi) is 5.82. The number of rotatable bonds is 7. The second kappa shape index (κ2) is 8.26. The zero-order chi connectivity index (χ0) is 18.4. The first kappa shape index (κ1) is 18.3. The molecule has 1 saturated carbocycles. The fourth-order valence-electron chi connectivity index (χ4n) is 3.78. The molecule has 1 amide bonds. The number of nitrogens with one attached hydrogen (secondary N) is 1. The fraction of sp³-hybridized carbons (Fsp3) is 0.409. The maximum atomic E-state index is 12.6. The number of hydrogen-bond acceptors (Lipinski definition) is 3. The smallest absolute Gasteiger partial charge is 0.251 e. The van der Waals surface area contributed by atoms with Crippen molar-refractivity contribution in [1.82, 2.24) is 5.32 Å². The Bertz CT molecular complexity index is 716. The summed E-state index contributed by atoms with van der Waals surface area (Å²) in [5.41, 5.74) is 1.96. The van der Waals surface area contributed by atoms with Crippen molar-refractivity contribution in [3.63, 3.8) is 0 Å². The molecule has 26 heavy (non-hydrogen) atoms. The van der Waals surface area contributed by atoms with Crippen LogP contribution >= 0.6 is 0 Å². The molecule has 4 heteroatoms. The maximum absolute atomic E-state index is 12.6. The zero-order valence-corrected chi connectivity index (χ0v) is 15.6. The lowest BCUT2D eigenvalue weighted by atomic mass is 9.78. The molecule has 1 aliphatic rings. The zero-order valence-electron chi connectivity index (χ0n) is 15.6. The third-order valence-corrected chi connectivity index (χ3v) is 5.28. The molecule has 3 rings (SSSR count). The van der Waals surface area contributed by atoms with Gasteiger partial charge in [0, 0.05) is 17.5 Å². The summed E-state index contributed by atoms with van der Waals surface area (Å²) in [5.74, 6) is 1.61. The van der Waals surface area contributed by atoms with Gasteiger partial charge in [0.2, 0.25) is 0 Å². The second-order valence-corrected chi connectivity index (χ2v) is 6.86. The number of hydrogen-bond donors (Lipinski definition) is 1. The molecule has 0 aromatic heterocycles. The van der Waals surface area contributed by atoms with Gasteiger partial charge in [-0.2, -0.15) is 0 Å². The Balaban J connectivity index is 1.69. The number of carbonyl (C=O) groups is 1. The molecule has 0 saturated heterocycles. The quantitative estimate of drug-likeness (QED) is 0.806. The van der Waals surface area contributed by atoms with Crippen molar-refractivity contribution in [1.29, 1.82) is 0 Å². The van der Waals surface area contributed by atoms with Crippen molar-refractivity contribution in [2.24, 2.45) is 0 Å². The van der Waals surface area contributed by atoms with Crippen LogP contribution in [0.5, 0.6) is 11.5 Å². The van der Waals surface area contributed by atoms with Gasteiger partial charge in [-0.1, -0.05) is 25.0 Å². The Labute approximate surface area is 155 Å². The molecule has 2 aromatic rings. The number of benzene rings is 2. The van der Waals surface area contributed by atoms with Gasteiger partial charge in [-0.25, -0.2) is 0 Å². The van der Waals surface area contributed by atoms with Crippen LogP contribution in [0.2, 0.25) is 0 Å². The standard InChI is InChI=1S/C22H27NO3/c1-3-26-20-10-6-17(7-11-20)21(24)23-16-22(14-4-5-15-22)18-8-12-19(25-2)13-9-18/h6-13H,3-5,14-16H2,1-2H3,(H,23,24). The first-order valence-electron chi connectivity index (χ1n) is 9.32. The van der Waals surface area contributed by atoms with Crippen LogP contribution in [-0.4, -0.2) is 26.2 Å². The summed E-state index contributed by atoms with van der Waals surface area (Å²) in [6.45, 7) is 3.22. The normalized spacial score (nSPS) is 15.5. The van der Waals surface area contributed by atoms with Crippen molar-refractivity contribution in [2.75, 3.05) is 20.3 Å². The molecule has 1 aliphatic carbocycles. The van der Waals surface area contributed by atoms with Crippen LogP contribution in [-0.2, 0) is 5.41 Å². The van der Waals surface area contributed by atoms with E-state index in [0.29, 0.717) is 18.7 Å². The van der Waals surface area contributed by atoms with Gasteiger partial charge in [-0.15, -0.1) is 0 Å². The summed E-state index contributed by atoms with van der Waals surface area (Å²) < 4.78 is 10.7. The van der Waals surface area contributed by atoms with Crippen LogP contribution in [0.1, 0.15) is 48.5 Å². The van der Waals surface area contributed by atoms with Crippen LogP contribution in [0.15, 0.2) is 48.5 Å². The van der Waals surface area contributed by atoms with Gasteiger partial charge in [0.15, 0.2) is 0 Å². The Morgan fingerprint density at radius 3 is 2.19 bits per heavy atom. The van der Waals surface area contributed by atoms with Crippen LogP contribution in [0.4, 0.5) is 0 Å². The Hall–Kier alpha value is -2.49. The van der Waals surface area contributed by atoms with E-state index in [1.807, 2.05) is 43.3 Å². The van der Waals surface area contributed by atoms with Gasteiger partial charge in [-0.05, 0) is 61.7 Å². The average Bonchev–Trinajstić information content (AvgIpc) is 3.17. The maximum Gasteiger partial charge on any atom is 0.251 e. The van der Waals surface area contributed by atoms with Gasteiger partial charge in [0.25, 0.3) is 5.91 Å². The van der Waals surface area contributed by atoms with Gasteiger partial charge in [0.1, 0.15) is 11.5 Å². The van der Waals surface area contributed by atoms with E-state index in [1.54, 1.807) is 7.11 Å². The van der Waals surface area contributed by atoms with Gasteiger partial charge < -0.3 is 14.8 Å². The third-order valence-electron chi connectivity index (χ3n) is 5.28. The van der Waals surface area contributed by atoms with E-state index in [4.69, 9.17) is 9.47 Å². The monoisotopic (exact) mass is 353 g/mol. The highest BCUT2D eigenvalue weighted by atomic mass is 16.5. The number of ether oxygens (including phenoxy) is 2. The van der Waals surface area contributed by atoms with E-state index in [-0.39, 0.29) is 11.3 Å². The van der Waals surface area contributed by atoms with E-state index in [2.05, 4.69) is 17.4 Å². The van der Waals surface area contributed by atoms with Gasteiger partial charge >= 0.3 is 0 Å². The number of carbonyl (C=O) groups excluding carboxylic acids is 1. The van der Waals surface area contributed by atoms with Crippen molar-refractivity contribution >= 4 is 5.91 Å². The first-order chi connectivity index (χ1) is 12.7. The Morgan fingerprint density at radius 2 is 1.62 bits per heavy atom. The molecule has 0 aliphatic heterocycles. The van der Waals surface area contributed by atoms with Crippen molar-refractivity contribution in [3.05, 3.63) is 59.7 Å². The average molecular weight is 353 g/mol. The summed E-state index contributed by atoms with van der Waals surface area (Å²) in [6, 6.07) is 15.6. The molecule has 0 spiro atoms. The molecule has 1 fully saturated rings. The van der Waals surface area contributed by atoms with Crippen LogP contribution in [0.3, 0.4) is 0 Å². The third kappa shape index (κ3) is 4.01. The highest BCUT2D eigenvalue weighted by Gasteiger charge is 2.36. The SMILES string of the molecule is CCOc1ccc(C(=O)NCC2(c3ccc(OC)cc3)CCCC2)cc1.